The summed E-state index contributed by atoms with van der Waals surface area (Å²) < 4.78 is 5.33. The molecule has 124 valence electrons. The van der Waals surface area contributed by atoms with Gasteiger partial charge in [-0.3, -0.25) is 9.89 Å². The summed E-state index contributed by atoms with van der Waals surface area (Å²) in [5.74, 6) is 0.534. The molecule has 0 saturated carbocycles. The van der Waals surface area contributed by atoms with Gasteiger partial charge in [0.05, 0.1) is 23.9 Å². The summed E-state index contributed by atoms with van der Waals surface area (Å²) in [4.78, 5) is 12.6. The van der Waals surface area contributed by atoms with Gasteiger partial charge in [-0.05, 0) is 20.3 Å². The van der Waals surface area contributed by atoms with Crippen LogP contribution in [0.15, 0.2) is 4.99 Å². The highest BCUT2D eigenvalue weighted by Crippen LogP contribution is 2.16. The van der Waals surface area contributed by atoms with E-state index in [-0.39, 0.29) is 0 Å². The van der Waals surface area contributed by atoms with Gasteiger partial charge in [0.15, 0.2) is 5.96 Å². The van der Waals surface area contributed by atoms with Crippen LogP contribution in [0.5, 0.6) is 0 Å². The van der Waals surface area contributed by atoms with Gasteiger partial charge in [-0.2, -0.15) is 0 Å². The van der Waals surface area contributed by atoms with Crippen LogP contribution in [0, 0.1) is 13.8 Å². The highest BCUT2D eigenvalue weighted by atomic mass is 32.1. The van der Waals surface area contributed by atoms with Crippen LogP contribution in [-0.4, -0.2) is 61.8 Å². The van der Waals surface area contributed by atoms with E-state index < -0.39 is 0 Å². The number of ether oxygens (including phenoxy) is 1. The summed E-state index contributed by atoms with van der Waals surface area (Å²) in [6.45, 7) is 10.5. The zero-order valence-corrected chi connectivity index (χ0v) is 14.4. The number of rotatable bonds is 7. The number of hydrogen-bond acceptors (Lipinski definition) is 5. The molecule has 1 aromatic heterocycles. The number of morpholine rings is 1. The fourth-order valence-corrected chi connectivity index (χ4v) is 3.25. The first-order chi connectivity index (χ1) is 10.6. The molecule has 2 rings (SSSR count). The van der Waals surface area contributed by atoms with E-state index >= 15 is 0 Å². The Hall–Kier alpha value is -1.18. The Labute approximate surface area is 136 Å². The normalized spacial score (nSPS) is 16.9. The lowest BCUT2D eigenvalue weighted by Crippen LogP contribution is -2.37. The molecule has 3 N–H and O–H groups in total. The van der Waals surface area contributed by atoms with Gasteiger partial charge < -0.3 is 15.8 Å². The number of aromatic nitrogens is 1. The summed E-state index contributed by atoms with van der Waals surface area (Å²) >= 11 is 1.76. The van der Waals surface area contributed by atoms with Crippen molar-refractivity contribution in [3.05, 3.63) is 15.6 Å². The van der Waals surface area contributed by atoms with E-state index in [1.165, 1.54) is 4.88 Å². The van der Waals surface area contributed by atoms with Crippen molar-refractivity contribution in [3.63, 3.8) is 0 Å². The van der Waals surface area contributed by atoms with Crippen LogP contribution in [-0.2, 0) is 11.2 Å². The van der Waals surface area contributed by atoms with E-state index in [0.29, 0.717) is 5.96 Å². The average molecular weight is 325 g/mol. The molecule has 1 aliphatic heterocycles. The second-order valence-corrected chi connectivity index (χ2v) is 6.79. The number of nitrogens with two attached hydrogens (primary N) is 1. The summed E-state index contributed by atoms with van der Waals surface area (Å²) in [6, 6.07) is 0. The Morgan fingerprint density at radius 2 is 2.18 bits per heavy atom. The summed E-state index contributed by atoms with van der Waals surface area (Å²) in [6.07, 6.45) is 1.93. The Morgan fingerprint density at radius 1 is 1.41 bits per heavy atom. The highest BCUT2D eigenvalue weighted by Gasteiger charge is 2.08. The van der Waals surface area contributed by atoms with Crippen LogP contribution in [0.2, 0.25) is 0 Å². The van der Waals surface area contributed by atoms with Gasteiger partial charge in [-0.25, -0.2) is 4.98 Å². The van der Waals surface area contributed by atoms with Gasteiger partial charge in [0, 0.05) is 44.0 Å². The second kappa shape index (κ2) is 9.07. The first kappa shape index (κ1) is 17.2. The monoisotopic (exact) mass is 325 g/mol. The van der Waals surface area contributed by atoms with E-state index in [1.54, 1.807) is 11.3 Å². The van der Waals surface area contributed by atoms with Crippen molar-refractivity contribution >= 4 is 17.3 Å². The van der Waals surface area contributed by atoms with Gasteiger partial charge >= 0.3 is 0 Å². The fourth-order valence-electron chi connectivity index (χ4n) is 2.32. The lowest BCUT2D eigenvalue weighted by atomic mass is 10.3. The van der Waals surface area contributed by atoms with Crippen molar-refractivity contribution < 1.29 is 4.74 Å². The smallest absolute Gasteiger partial charge is 0.188 e. The van der Waals surface area contributed by atoms with Gasteiger partial charge in [0.2, 0.25) is 0 Å². The quantitative estimate of drug-likeness (QED) is 0.443. The summed E-state index contributed by atoms with van der Waals surface area (Å²) in [5.41, 5.74) is 7.01. The standard InChI is InChI=1S/C15H27N5OS/c1-12-13(2)22-14(19-12)4-6-18-15(16)17-5-3-7-20-8-10-21-11-9-20/h3-11H2,1-2H3,(H3,16,17,18). The van der Waals surface area contributed by atoms with Gasteiger partial charge in [-0.15, -0.1) is 11.3 Å². The molecule has 0 atom stereocenters. The maximum atomic E-state index is 5.88. The van der Waals surface area contributed by atoms with Crippen molar-refractivity contribution in [3.8, 4) is 0 Å². The molecule has 0 aliphatic carbocycles. The van der Waals surface area contributed by atoms with E-state index in [2.05, 4.69) is 27.1 Å². The lowest BCUT2D eigenvalue weighted by Gasteiger charge is -2.26. The van der Waals surface area contributed by atoms with Crippen LogP contribution in [0.25, 0.3) is 0 Å². The van der Waals surface area contributed by atoms with Gasteiger partial charge in [0.1, 0.15) is 0 Å². The average Bonchev–Trinajstić information content (AvgIpc) is 2.83. The molecule has 0 unspecified atom stereocenters. The maximum absolute atomic E-state index is 5.88. The number of thiazole rings is 1. The lowest BCUT2D eigenvalue weighted by molar-refractivity contribution is 0.0377. The molecule has 0 radical (unpaired) electrons. The second-order valence-electron chi connectivity index (χ2n) is 5.50. The van der Waals surface area contributed by atoms with E-state index in [0.717, 1.165) is 69.5 Å². The van der Waals surface area contributed by atoms with Gasteiger partial charge in [0.25, 0.3) is 0 Å². The molecule has 1 aliphatic rings. The van der Waals surface area contributed by atoms with Crippen LogP contribution in [0.3, 0.4) is 0 Å². The number of aryl methyl sites for hydroxylation is 2. The first-order valence-corrected chi connectivity index (χ1v) is 8.73. The van der Waals surface area contributed by atoms with Crippen LogP contribution < -0.4 is 11.1 Å². The van der Waals surface area contributed by atoms with Crippen molar-refractivity contribution in [2.24, 2.45) is 10.7 Å². The van der Waals surface area contributed by atoms with Crippen molar-refractivity contribution in [2.75, 3.05) is 45.9 Å². The third-order valence-corrected chi connectivity index (χ3v) is 4.87. The number of nitrogens with one attached hydrogen (secondary N) is 1. The molecule has 1 fully saturated rings. The first-order valence-electron chi connectivity index (χ1n) is 7.92. The van der Waals surface area contributed by atoms with E-state index in [4.69, 9.17) is 10.5 Å². The van der Waals surface area contributed by atoms with E-state index in [9.17, 15) is 0 Å². The van der Waals surface area contributed by atoms with Crippen molar-refractivity contribution in [1.82, 2.24) is 15.2 Å². The summed E-state index contributed by atoms with van der Waals surface area (Å²) in [5, 5.41) is 4.31. The predicted molar refractivity (Wildman–Crippen MR) is 91.7 cm³/mol. The summed E-state index contributed by atoms with van der Waals surface area (Å²) in [7, 11) is 0. The minimum atomic E-state index is 0.534. The molecule has 22 heavy (non-hydrogen) atoms. The minimum absolute atomic E-state index is 0.534. The number of nitrogens with zero attached hydrogens (tertiary/aromatic N) is 3. The third kappa shape index (κ3) is 5.90. The van der Waals surface area contributed by atoms with Crippen molar-refractivity contribution in [1.29, 1.82) is 0 Å². The molecule has 7 heteroatoms. The van der Waals surface area contributed by atoms with Gasteiger partial charge in [-0.1, -0.05) is 0 Å². The molecule has 0 bridgehead atoms. The maximum Gasteiger partial charge on any atom is 0.188 e. The highest BCUT2D eigenvalue weighted by molar-refractivity contribution is 7.11. The Balaban J connectivity index is 1.57. The molecule has 1 aromatic rings. The molecule has 6 nitrogen and oxygen atoms in total. The molecule has 0 aromatic carbocycles. The molecular weight excluding hydrogens is 298 g/mol. The zero-order valence-electron chi connectivity index (χ0n) is 13.6. The molecular formula is C15H27N5OS. The third-order valence-electron chi connectivity index (χ3n) is 3.74. The largest absolute Gasteiger partial charge is 0.379 e. The Bertz CT molecular complexity index is 463. The number of guanidine groups is 1. The Kier molecular flexibility index (Phi) is 7.08. The Morgan fingerprint density at radius 3 is 2.86 bits per heavy atom. The molecule has 0 spiro atoms. The number of aliphatic imine (C=N–C) groups is 1. The fraction of sp³-hybridized carbons (Fsp3) is 0.733. The predicted octanol–water partition coefficient (Wildman–Crippen LogP) is 0.929. The molecule has 2 heterocycles. The van der Waals surface area contributed by atoms with Crippen LogP contribution in [0.4, 0.5) is 0 Å². The van der Waals surface area contributed by atoms with E-state index in [1.807, 2.05) is 6.92 Å². The van der Waals surface area contributed by atoms with Crippen LogP contribution >= 0.6 is 11.3 Å². The molecule has 0 amide bonds. The zero-order chi connectivity index (χ0) is 15.8. The minimum Gasteiger partial charge on any atom is -0.379 e. The topological polar surface area (TPSA) is 75.8 Å². The molecule has 1 saturated heterocycles. The van der Waals surface area contributed by atoms with Crippen molar-refractivity contribution in [2.45, 2.75) is 26.7 Å². The SMILES string of the molecule is Cc1nc(CCNC(N)=NCCCN2CCOCC2)sc1C. The number of hydrogen-bond donors (Lipinski definition) is 2. The van der Waals surface area contributed by atoms with Crippen LogP contribution in [0.1, 0.15) is 22.0 Å².